The number of alkyl carbamates (subject to hydrolysis) is 1. The Morgan fingerprint density at radius 2 is 1.95 bits per heavy atom. The van der Waals surface area contributed by atoms with Crippen LogP contribution in [-0.2, 0) is 21.5 Å². The van der Waals surface area contributed by atoms with Gasteiger partial charge in [0.2, 0.25) is 0 Å². The molecule has 124 valence electrons. The van der Waals surface area contributed by atoms with Crippen molar-refractivity contribution >= 4 is 16.2 Å². The van der Waals surface area contributed by atoms with Crippen LogP contribution in [0.1, 0.15) is 12.0 Å². The number of nitrogens with one attached hydrogen (secondary N) is 1. The minimum absolute atomic E-state index is 0.219. The lowest BCUT2D eigenvalue weighted by Gasteiger charge is -2.16. The summed E-state index contributed by atoms with van der Waals surface area (Å²) >= 11 is 0. The van der Waals surface area contributed by atoms with Gasteiger partial charge in [-0.25, -0.2) is 4.79 Å². The standard InChI is InChI=1S/C14H22N2O5S/c1-16(9-5-11-22(18,19)20)10-8-15-14(17)21-12-13-6-3-2-4-7-13/h2-4,6-7H,5,8-12H2,1H3,(H,15,17)(H,18,19,20). The average molecular weight is 330 g/mol. The number of carbonyl (C=O) groups excluding carboxylic acids is 1. The number of carbonyl (C=O) groups is 1. The van der Waals surface area contributed by atoms with Gasteiger partial charge in [-0.1, -0.05) is 30.3 Å². The van der Waals surface area contributed by atoms with Crippen LogP contribution in [0.5, 0.6) is 0 Å². The van der Waals surface area contributed by atoms with E-state index in [1.807, 2.05) is 35.2 Å². The second kappa shape index (κ2) is 9.39. The van der Waals surface area contributed by atoms with E-state index in [1.165, 1.54) is 0 Å². The lowest BCUT2D eigenvalue weighted by Crippen LogP contribution is -2.34. The Labute approximate surface area is 131 Å². The van der Waals surface area contributed by atoms with Gasteiger partial charge >= 0.3 is 6.09 Å². The topological polar surface area (TPSA) is 95.9 Å². The molecule has 0 bridgehead atoms. The third-order valence-electron chi connectivity index (χ3n) is 2.92. The number of amides is 1. The van der Waals surface area contributed by atoms with E-state index < -0.39 is 16.2 Å². The molecule has 0 radical (unpaired) electrons. The van der Waals surface area contributed by atoms with E-state index in [4.69, 9.17) is 9.29 Å². The van der Waals surface area contributed by atoms with Gasteiger partial charge in [0.05, 0.1) is 5.75 Å². The van der Waals surface area contributed by atoms with E-state index in [1.54, 1.807) is 7.05 Å². The van der Waals surface area contributed by atoms with Gasteiger partial charge in [0, 0.05) is 13.1 Å². The highest BCUT2D eigenvalue weighted by atomic mass is 32.2. The number of hydrogen-bond acceptors (Lipinski definition) is 5. The molecule has 0 aromatic heterocycles. The van der Waals surface area contributed by atoms with Crippen molar-refractivity contribution in [3.05, 3.63) is 35.9 Å². The summed E-state index contributed by atoms with van der Waals surface area (Å²) in [6.07, 6.45) is -0.150. The van der Waals surface area contributed by atoms with Crippen LogP contribution < -0.4 is 5.32 Å². The number of benzene rings is 1. The van der Waals surface area contributed by atoms with Crippen LogP contribution in [0.3, 0.4) is 0 Å². The summed E-state index contributed by atoms with van der Waals surface area (Å²) in [5.41, 5.74) is 0.917. The average Bonchev–Trinajstić information content (AvgIpc) is 2.45. The zero-order chi connectivity index (χ0) is 16.4. The zero-order valence-electron chi connectivity index (χ0n) is 12.6. The molecule has 2 N–H and O–H groups in total. The van der Waals surface area contributed by atoms with Crippen LogP contribution in [0.4, 0.5) is 4.79 Å². The third kappa shape index (κ3) is 9.32. The van der Waals surface area contributed by atoms with Gasteiger partial charge in [-0.2, -0.15) is 8.42 Å². The van der Waals surface area contributed by atoms with Gasteiger partial charge in [0.1, 0.15) is 6.61 Å². The molecule has 1 rings (SSSR count). The molecule has 0 unspecified atom stereocenters. The van der Waals surface area contributed by atoms with Crippen LogP contribution in [0.25, 0.3) is 0 Å². The first kappa shape index (κ1) is 18.4. The molecule has 0 aliphatic rings. The Bertz CT molecular complexity index is 548. The zero-order valence-corrected chi connectivity index (χ0v) is 13.4. The van der Waals surface area contributed by atoms with E-state index in [-0.39, 0.29) is 12.4 Å². The maximum Gasteiger partial charge on any atom is 0.407 e. The summed E-state index contributed by atoms with van der Waals surface area (Å²) in [6.45, 7) is 1.69. The fourth-order valence-corrected chi connectivity index (χ4v) is 2.25. The first-order valence-electron chi connectivity index (χ1n) is 6.95. The maximum atomic E-state index is 11.5. The fourth-order valence-electron chi connectivity index (χ4n) is 1.75. The molecule has 0 spiro atoms. The minimum Gasteiger partial charge on any atom is -0.445 e. The minimum atomic E-state index is -3.90. The van der Waals surface area contributed by atoms with Crippen molar-refractivity contribution in [2.45, 2.75) is 13.0 Å². The molecule has 1 aromatic carbocycles. The molecule has 7 nitrogen and oxygen atoms in total. The van der Waals surface area contributed by atoms with Crippen molar-refractivity contribution in [2.75, 3.05) is 32.4 Å². The summed E-state index contributed by atoms with van der Waals surface area (Å²) in [6, 6.07) is 9.38. The van der Waals surface area contributed by atoms with Crippen molar-refractivity contribution in [3.8, 4) is 0 Å². The molecular formula is C14H22N2O5S. The normalized spacial score (nSPS) is 11.4. The molecule has 0 aliphatic carbocycles. The molecule has 0 heterocycles. The Kier molecular flexibility index (Phi) is 7.86. The molecule has 22 heavy (non-hydrogen) atoms. The van der Waals surface area contributed by atoms with E-state index >= 15 is 0 Å². The first-order chi connectivity index (χ1) is 10.4. The molecule has 0 atom stereocenters. The Hall–Kier alpha value is -1.64. The summed E-state index contributed by atoms with van der Waals surface area (Å²) in [5, 5.41) is 2.62. The van der Waals surface area contributed by atoms with Gasteiger partial charge in [0.25, 0.3) is 10.1 Å². The molecule has 0 saturated carbocycles. The van der Waals surface area contributed by atoms with Gasteiger partial charge in [0.15, 0.2) is 0 Å². The number of likely N-dealkylation sites (N-methyl/N-ethyl adjacent to an activating group) is 1. The molecular weight excluding hydrogens is 308 g/mol. The van der Waals surface area contributed by atoms with Gasteiger partial charge < -0.3 is 15.0 Å². The molecule has 0 saturated heterocycles. The van der Waals surface area contributed by atoms with Crippen LogP contribution in [-0.4, -0.2) is 56.4 Å². The second-order valence-electron chi connectivity index (χ2n) is 4.93. The van der Waals surface area contributed by atoms with Crippen LogP contribution >= 0.6 is 0 Å². The molecule has 0 aliphatic heterocycles. The summed E-state index contributed by atoms with van der Waals surface area (Å²) in [5.74, 6) is -0.260. The van der Waals surface area contributed by atoms with Crippen LogP contribution in [0.15, 0.2) is 30.3 Å². The lowest BCUT2D eigenvalue weighted by molar-refractivity contribution is 0.138. The van der Waals surface area contributed by atoms with Crippen molar-refractivity contribution in [1.82, 2.24) is 10.2 Å². The molecule has 1 aromatic rings. The molecule has 1 amide bonds. The van der Waals surface area contributed by atoms with E-state index in [2.05, 4.69) is 5.32 Å². The van der Waals surface area contributed by atoms with E-state index in [0.717, 1.165) is 5.56 Å². The highest BCUT2D eigenvalue weighted by Crippen LogP contribution is 2.00. The first-order valence-corrected chi connectivity index (χ1v) is 8.56. The predicted octanol–water partition coefficient (Wildman–Crippen LogP) is 1.12. The Morgan fingerprint density at radius 1 is 1.27 bits per heavy atom. The lowest BCUT2D eigenvalue weighted by atomic mass is 10.2. The SMILES string of the molecule is CN(CCCS(=O)(=O)O)CCNC(=O)OCc1ccccc1. The second-order valence-corrected chi connectivity index (χ2v) is 6.50. The van der Waals surface area contributed by atoms with E-state index in [0.29, 0.717) is 26.1 Å². The van der Waals surface area contributed by atoms with Crippen molar-refractivity contribution < 1.29 is 22.5 Å². The highest BCUT2D eigenvalue weighted by Gasteiger charge is 2.06. The number of rotatable bonds is 9. The van der Waals surface area contributed by atoms with Crippen molar-refractivity contribution in [3.63, 3.8) is 0 Å². The van der Waals surface area contributed by atoms with Crippen LogP contribution in [0.2, 0.25) is 0 Å². The van der Waals surface area contributed by atoms with Gasteiger partial charge in [-0.05, 0) is 25.6 Å². The summed E-state index contributed by atoms with van der Waals surface area (Å²) < 4.78 is 34.8. The van der Waals surface area contributed by atoms with Gasteiger partial charge in [-0.3, -0.25) is 4.55 Å². The Balaban J connectivity index is 2.09. The largest absolute Gasteiger partial charge is 0.445 e. The smallest absolute Gasteiger partial charge is 0.407 e. The molecule has 8 heteroatoms. The summed E-state index contributed by atoms with van der Waals surface area (Å²) in [4.78, 5) is 13.3. The monoisotopic (exact) mass is 330 g/mol. The number of hydrogen-bond donors (Lipinski definition) is 2. The van der Waals surface area contributed by atoms with E-state index in [9.17, 15) is 13.2 Å². The highest BCUT2D eigenvalue weighted by molar-refractivity contribution is 7.85. The maximum absolute atomic E-state index is 11.5. The third-order valence-corrected chi connectivity index (χ3v) is 3.72. The quantitative estimate of drug-likeness (QED) is 0.659. The van der Waals surface area contributed by atoms with Crippen molar-refractivity contribution in [2.24, 2.45) is 0 Å². The summed E-state index contributed by atoms with van der Waals surface area (Å²) in [7, 11) is -2.10. The molecule has 0 fully saturated rings. The Morgan fingerprint density at radius 3 is 2.59 bits per heavy atom. The number of ether oxygens (including phenoxy) is 1. The van der Waals surface area contributed by atoms with Gasteiger partial charge in [-0.15, -0.1) is 0 Å². The fraction of sp³-hybridized carbons (Fsp3) is 0.500. The predicted molar refractivity (Wildman–Crippen MR) is 83.2 cm³/mol. The van der Waals surface area contributed by atoms with Crippen LogP contribution in [0, 0.1) is 0 Å². The number of nitrogens with zero attached hydrogens (tertiary/aromatic N) is 1. The van der Waals surface area contributed by atoms with Crippen molar-refractivity contribution in [1.29, 1.82) is 0 Å².